The molecule has 2 fully saturated rings. The van der Waals surface area contributed by atoms with E-state index in [1.807, 2.05) is 0 Å². The highest BCUT2D eigenvalue weighted by molar-refractivity contribution is 5.14. The van der Waals surface area contributed by atoms with Crippen molar-refractivity contribution < 1.29 is 0 Å². The van der Waals surface area contributed by atoms with E-state index in [0.29, 0.717) is 0 Å². The van der Waals surface area contributed by atoms with Crippen LogP contribution in [0.5, 0.6) is 0 Å². The molecule has 0 aromatic heterocycles. The second-order valence-corrected chi connectivity index (χ2v) is 5.71. The highest BCUT2D eigenvalue weighted by Crippen LogP contribution is 2.60. The average Bonchev–Trinajstić information content (AvgIpc) is 2.75. The summed E-state index contributed by atoms with van der Waals surface area (Å²) in [6.07, 6.45) is 9.48. The third-order valence-corrected chi connectivity index (χ3v) is 4.92. The van der Waals surface area contributed by atoms with Crippen molar-refractivity contribution in [1.82, 2.24) is 0 Å². The Balaban J connectivity index is 1.85. The maximum absolute atomic E-state index is 2.53. The van der Waals surface area contributed by atoms with Crippen molar-refractivity contribution in [3.63, 3.8) is 0 Å². The summed E-state index contributed by atoms with van der Waals surface area (Å²) in [6.45, 7) is 4.83. The Morgan fingerprint density at radius 2 is 2.00 bits per heavy atom. The van der Waals surface area contributed by atoms with Gasteiger partial charge >= 0.3 is 0 Å². The zero-order valence-corrected chi connectivity index (χ0v) is 8.74. The molecule has 0 aromatic carbocycles. The van der Waals surface area contributed by atoms with Gasteiger partial charge in [-0.2, -0.15) is 0 Å². The Kier molecular flexibility index (Phi) is 1.63. The topological polar surface area (TPSA) is 0 Å². The Morgan fingerprint density at radius 1 is 1.15 bits per heavy atom. The predicted octanol–water partition coefficient (Wildman–Crippen LogP) is 3.49. The molecule has 0 aromatic rings. The van der Waals surface area contributed by atoms with Crippen LogP contribution in [0.1, 0.15) is 33.1 Å². The molecular weight excluding hydrogens is 156 g/mol. The Labute approximate surface area is 81.4 Å². The Morgan fingerprint density at radius 3 is 2.77 bits per heavy atom. The normalized spacial score (nSPS) is 52.1. The van der Waals surface area contributed by atoms with E-state index in [1.54, 1.807) is 12.8 Å². The zero-order chi connectivity index (χ0) is 9.00. The van der Waals surface area contributed by atoms with E-state index in [1.165, 1.54) is 6.42 Å². The van der Waals surface area contributed by atoms with Gasteiger partial charge in [0.15, 0.2) is 0 Å². The van der Waals surface area contributed by atoms with Crippen LogP contribution in [-0.2, 0) is 0 Å². The van der Waals surface area contributed by atoms with Gasteiger partial charge in [-0.15, -0.1) is 0 Å². The van der Waals surface area contributed by atoms with Crippen LogP contribution in [0.3, 0.4) is 0 Å². The van der Waals surface area contributed by atoms with Crippen LogP contribution in [0.25, 0.3) is 0 Å². The first kappa shape index (κ1) is 8.08. The maximum Gasteiger partial charge on any atom is -0.0168 e. The minimum absolute atomic E-state index is 0.921. The number of rotatable bonds is 1. The van der Waals surface area contributed by atoms with Crippen LogP contribution >= 0.6 is 0 Å². The summed E-state index contributed by atoms with van der Waals surface area (Å²) >= 11 is 0. The van der Waals surface area contributed by atoms with Gasteiger partial charge in [-0.05, 0) is 54.8 Å². The highest BCUT2D eigenvalue weighted by Gasteiger charge is 2.52. The Bertz CT molecular complexity index is 238. The van der Waals surface area contributed by atoms with Gasteiger partial charge in [0.05, 0.1) is 0 Å². The van der Waals surface area contributed by atoms with E-state index in [9.17, 15) is 0 Å². The molecule has 2 saturated carbocycles. The van der Waals surface area contributed by atoms with Gasteiger partial charge in [0.25, 0.3) is 0 Å². The minimum atomic E-state index is 0.921. The molecule has 0 heterocycles. The monoisotopic (exact) mass is 176 g/mol. The zero-order valence-electron chi connectivity index (χ0n) is 8.74. The third kappa shape index (κ3) is 0.978. The molecule has 5 atom stereocenters. The fraction of sp³-hybridized carbons (Fsp3) is 0.846. The molecule has 3 aliphatic carbocycles. The van der Waals surface area contributed by atoms with Crippen LogP contribution in [0.15, 0.2) is 12.2 Å². The minimum Gasteiger partial charge on any atom is -0.0879 e. The van der Waals surface area contributed by atoms with Crippen molar-refractivity contribution in [3.8, 4) is 0 Å². The van der Waals surface area contributed by atoms with Gasteiger partial charge < -0.3 is 0 Å². The summed E-state index contributed by atoms with van der Waals surface area (Å²) in [5, 5.41) is 0. The quantitative estimate of drug-likeness (QED) is 0.536. The number of fused-ring (bicyclic) bond motifs is 5. The lowest BCUT2D eigenvalue weighted by Crippen LogP contribution is -2.27. The first-order chi connectivity index (χ1) is 6.27. The van der Waals surface area contributed by atoms with Crippen molar-refractivity contribution in [2.75, 3.05) is 0 Å². The molecule has 2 bridgehead atoms. The SMILES string of the molecule is CC(C)C1CC2CC1C1C=CCC21. The van der Waals surface area contributed by atoms with Crippen molar-refractivity contribution in [2.45, 2.75) is 33.1 Å². The molecular formula is C13H20. The van der Waals surface area contributed by atoms with Gasteiger partial charge in [-0.1, -0.05) is 26.0 Å². The summed E-state index contributed by atoms with van der Waals surface area (Å²) in [5.74, 6) is 6.19. The van der Waals surface area contributed by atoms with E-state index >= 15 is 0 Å². The van der Waals surface area contributed by atoms with Crippen molar-refractivity contribution in [1.29, 1.82) is 0 Å². The molecule has 0 saturated heterocycles. The van der Waals surface area contributed by atoms with E-state index in [0.717, 1.165) is 35.5 Å². The van der Waals surface area contributed by atoms with E-state index < -0.39 is 0 Å². The van der Waals surface area contributed by atoms with Crippen LogP contribution < -0.4 is 0 Å². The van der Waals surface area contributed by atoms with Crippen molar-refractivity contribution in [3.05, 3.63) is 12.2 Å². The van der Waals surface area contributed by atoms with E-state index in [2.05, 4.69) is 26.0 Å². The number of hydrogen-bond donors (Lipinski definition) is 0. The fourth-order valence-electron chi connectivity index (χ4n) is 4.36. The molecule has 0 N–H and O–H groups in total. The predicted molar refractivity (Wildman–Crippen MR) is 55.3 cm³/mol. The lowest BCUT2D eigenvalue weighted by Gasteiger charge is -2.33. The highest BCUT2D eigenvalue weighted by atomic mass is 14.6. The molecule has 3 rings (SSSR count). The largest absolute Gasteiger partial charge is 0.0879 e. The Hall–Kier alpha value is -0.260. The summed E-state index contributed by atoms with van der Waals surface area (Å²) < 4.78 is 0. The fourth-order valence-corrected chi connectivity index (χ4v) is 4.36. The van der Waals surface area contributed by atoms with Gasteiger partial charge in [-0.25, -0.2) is 0 Å². The molecule has 0 radical (unpaired) electrons. The molecule has 0 nitrogen and oxygen atoms in total. The van der Waals surface area contributed by atoms with Gasteiger partial charge in [-0.3, -0.25) is 0 Å². The first-order valence-electron chi connectivity index (χ1n) is 5.94. The maximum atomic E-state index is 2.53. The summed E-state index contributed by atoms with van der Waals surface area (Å²) in [7, 11) is 0. The van der Waals surface area contributed by atoms with Gasteiger partial charge in [0.1, 0.15) is 0 Å². The second kappa shape index (κ2) is 2.62. The molecule has 72 valence electrons. The standard InChI is InChI=1S/C13H20/c1-8(2)12-6-9-7-13(12)11-5-3-4-10(9)11/h3,5,8-13H,4,6-7H2,1-2H3. The summed E-state index contributed by atoms with van der Waals surface area (Å²) in [5.41, 5.74) is 0. The van der Waals surface area contributed by atoms with Crippen LogP contribution in [0.2, 0.25) is 0 Å². The van der Waals surface area contributed by atoms with Crippen LogP contribution in [-0.4, -0.2) is 0 Å². The molecule has 0 heteroatoms. The molecule has 3 aliphatic rings. The smallest absolute Gasteiger partial charge is 0.0168 e. The van der Waals surface area contributed by atoms with Crippen LogP contribution in [0.4, 0.5) is 0 Å². The lowest BCUT2D eigenvalue weighted by molar-refractivity contribution is 0.170. The molecule has 5 unspecified atom stereocenters. The second-order valence-electron chi connectivity index (χ2n) is 5.71. The molecule has 13 heavy (non-hydrogen) atoms. The van der Waals surface area contributed by atoms with Crippen molar-refractivity contribution >= 4 is 0 Å². The van der Waals surface area contributed by atoms with Crippen molar-refractivity contribution in [2.24, 2.45) is 35.5 Å². The van der Waals surface area contributed by atoms with Gasteiger partial charge in [0, 0.05) is 0 Å². The van der Waals surface area contributed by atoms with E-state index in [4.69, 9.17) is 0 Å². The summed E-state index contributed by atoms with van der Waals surface area (Å²) in [4.78, 5) is 0. The third-order valence-electron chi connectivity index (χ3n) is 4.92. The summed E-state index contributed by atoms with van der Waals surface area (Å²) in [6, 6.07) is 0. The average molecular weight is 176 g/mol. The first-order valence-corrected chi connectivity index (χ1v) is 5.94. The molecule has 0 amide bonds. The lowest BCUT2D eigenvalue weighted by atomic mass is 9.72. The molecule has 0 aliphatic heterocycles. The molecule has 0 spiro atoms. The van der Waals surface area contributed by atoms with E-state index in [-0.39, 0.29) is 0 Å². The number of allylic oxidation sites excluding steroid dienone is 2. The number of hydrogen-bond acceptors (Lipinski definition) is 0. The van der Waals surface area contributed by atoms with Gasteiger partial charge in [0.2, 0.25) is 0 Å². The van der Waals surface area contributed by atoms with Crippen LogP contribution in [0, 0.1) is 35.5 Å².